The van der Waals surface area contributed by atoms with Crippen molar-refractivity contribution in [2.24, 2.45) is 0 Å². The molecule has 4 aromatic rings. The lowest BCUT2D eigenvalue weighted by molar-refractivity contribution is 0.589. The molecule has 0 unspecified atom stereocenters. The highest BCUT2D eigenvalue weighted by molar-refractivity contribution is 6.02. The van der Waals surface area contributed by atoms with E-state index in [1.165, 1.54) is 0 Å². The fraction of sp³-hybridized carbons (Fsp3) is 0.333. The van der Waals surface area contributed by atoms with E-state index < -0.39 is 0 Å². The van der Waals surface area contributed by atoms with Crippen molar-refractivity contribution in [1.29, 1.82) is 0 Å². The van der Waals surface area contributed by atoms with Crippen LogP contribution in [0.1, 0.15) is 19.9 Å². The standard InChI is InChI=1S/C21H24N8/c1-14(2)29-13-25-17-5-3-15-11-24-21(27-19(15)20(17)29)26-18-6-4-16(12-23-18)28-9-7-22-8-10-28/h3-6,11-14,22H,7-10H2,1-2H3,(H,23,24,26,27). The molecule has 0 spiro atoms. The van der Waals surface area contributed by atoms with Crippen LogP contribution in [-0.2, 0) is 0 Å². The fourth-order valence-corrected chi connectivity index (χ4v) is 3.75. The van der Waals surface area contributed by atoms with Crippen LogP contribution in [0.15, 0.2) is 43.0 Å². The number of fused-ring (bicyclic) bond motifs is 3. The number of anilines is 3. The third-order valence-electron chi connectivity index (χ3n) is 5.31. The van der Waals surface area contributed by atoms with Gasteiger partial charge in [-0.3, -0.25) is 0 Å². The van der Waals surface area contributed by atoms with Gasteiger partial charge >= 0.3 is 0 Å². The highest BCUT2D eigenvalue weighted by Crippen LogP contribution is 2.26. The average molecular weight is 388 g/mol. The molecule has 8 heteroatoms. The lowest BCUT2D eigenvalue weighted by atomic mass is 10.2. The van der Waals surface area contributed by atoms with Gasteiger partial charge in [0.25, 0.3) is 0 Å². The van der Waals surface area contributed by atoms with Crippen molar-refractivity contribution in [3.63, 3.8) is 0 Å². The van der Waals surface area contributed by atoms with Crippen molar-refractivity contribution in [3.8, 4) is 0 Å². The van der Waals surface area contributed by atoms with E-state index in [0.717, 1.165) is 59.6 Å². The number of hydrogen-bond acceptors (Lipinski definition) is 7. The lowest BCUT2D eigenvalue weighted by Crippen LogP contribution is -2.43. The molecule has 1 aromatic carbocycles. The highest BCUT2D eigenvalue weighted by Gasteiger charge is 2.13. The zero-order valence-electron chi connectivity index (χ0n) is 16.6. The molecule has 0 saturated carbocycles. The Morgan fingerprint density at radius 1 is 1.00 bits per heavy atom. The molecule has 3 aromatic heterocycles. The van der Waals surface area contributed by atoms with E-state index in [2.05, 4.69) is 55.0 Å². The lowest BCUT2D eigenvalue weighted by Gasteiger charge is -2.29. The van der Waals surface area contributed by atoms with Crippen molar-refractivity contribution >= 4 is 39.4 Å². The highest BCUT2D eigenvalue weighted by atomic mass is 15.2. The molecule has 0 radical (unpaired) electrons. The van der Waals surface area contributed by atoms with Crippen LogP contribution >= 0.6 is 0 Å². The Balaban J connectivity index is 1.46. The van der Waals surface area contributed by atoms with E-state index >= 15 is 0 Å². The second-order valence-electron chi connectivity index (χ2n) is 7.57. The van der Waals surface area contributed by atoms with Crippen LogP contribution in [0.4, 0.5) is 17.5 Å². The molecule has 1 fully saturated rings. The van der Waals surface area contributed by atoms with Gasteiger partial charge in [0, 0.05) is 43.8 Å². The van der Waals surface area contributed by atoms with Crippen molar-refractivity contribution < 1.29 is 0 Å². The van der Waals surface area contributed by atoms with E-state index in [9.17, 15) is 0 Å². The summed E-state index contributed by atoms with van der Waals surface area (Å²) in [5.74, 6) is 1.26. The summed E-state index contributed by atoms with van der Waals surface area (Å²) in [5.41, 5.74) is 4.00. The summed E-state index contributed by atoms with van der Waals surface area (Å²) >= 11 is 0. The topological polar surface area (TPSA) is 83.8 Å². The molecule has 2 N–H and O–H groups in total. The molecule has 0 aliphatic carbocycles. The quantitative estimate of drug-likeness (QED) is 0.556. The summed E-state index contributed by atoms with van der Waals surface area (Å²) in [7, 11) is 0. The number of nitrogens with zero attached hydrogens (tertiary/aromatic N) is 6. The summed E-state index contributed by atoms with van der Waals surface area (Å²) in [6, 6.07) is 8.40. The Kier molecular flexibility index (Phi) is 4.48. The number of imidazole rings is 1. The Bertz CT molecular complexity index is 1140. The van der Waals surface area contributed by atoms with Crippen LogP contribution in [-0.4, -0.2) is 50.7 Å². The van der Waals surface area contributed by atoms with E-state index in [1.54, 1.807) is 0 Å². The number of pyridine rings is 1. The van der Waals surface area contributed by atoms with E-state index in [1.807, 2.05) is 36.9 Å². The minimum atomic E-state index is 0.302. The van der Waals surface area contributed by atoms with Crippen LogP contribution in [0, 0.1) is 0 Å². The molecule has 29 heavy (non-hydrogen) atoms. The Morgan fingerprint density at radius 2 is 1.86 bits per heavy atom. The van der Waals surface area contributed by atoms with Gasteiger partial charge in [0.05, 0.1) is 29.2 Å². The molecule has 4 heterocycles. The van der Waals surface area contributed by atoms with Gasteiger partial charge in [-0.1, -0.05) is 0 Å². The maximum absolute atomic E-state index is 4.78. The zero-order chi connectivity index (χ0) is 19.8. The molecular weight excluding hydrogens is 364 g/mol. The minimum absolute atomic E-state index is 0.302. The Morgan fingerprint density at radius 3 is 2.62 bits per heavy atom. The van der Waals surface area contributed by atoms with Gasteiger partial charge in [-0.15, -0.1) is 0 Å². The van der Waals surface area contributed by atoms with E-state index in [0.29, 0.717) is 12.0 Å². The molecule has 8 nitrogen and oxygen atoms in total. The number of rotatable bonds is 4. The van der Waals surface area contributed by atoms with Crippen LogP contribution in [0.2, 0.25) is 0 Å². The Hall–Kier alpha value is -3.26. The summed E-state index contributed by atoms with van der Waals surface area (Å²) in [6.07, 6.45) is 5.62. The third-order valence-corrected chi connectivity index (χ3v) is 5.31. The largest absolute Gasteiger partial charge is 0.368 e. The van der Waals surface area contributed by atoms with Gasteiger partial charge in [0.15, 0.2) is 0 Å². The third kappa shape index (κ3) is 3.36. The fourth-order valence-electron chi connectivity index (χ4n) is 3.75. The normalized spacial score (nSPS) is 14.8. The van der Waals surface area contributed by atoms with Gasteiger partial charge in [0.2, 0.25) is 5.95 Å². The van der Waals surface area contributed by atoms with Crippen LogP contribution < -0.4 is 15.5 Å². The first-order chi connectivity index (χ1) is 14.2. The van der Waals surface area contributed by atoms with Crippen molar-refractivity contribution in [1.82, 2.24) is 29.8 Å². The minimum Gasteiger partial charge on any atom is -0.368 e. The van der Waals surface area contributed by atoms with Gasteiger partial charge in [-0.2, -0.15) is 0 Å². The maximum atomic E-state index is 4.78. The van der Waals surface area contributed by atoms with Crippen LogP contribution in [0.3, 0.4) is 0 Å². The number of piperazine rings is 1. The summed E-state index contributed by atoms with van der Waals surface area (Å²) in [6.45, 7) is 8.30. The predicted octanol–water partition coefficient (Wildman–Crippen LogP) is 3.11. The zero-order valence-corrected chi connectivity index (χ0v) is 16.6. The van der Waals surface area contributed by atoms with E-state index in [4.69, 9.17) is 4.98 Å². The molecule has 0 bridgehead atoms. The van der Waals surface area contributed by atoms with Gasteiger partial charge in [-0.25, -0.2) is 19.9 Å². The van der Waals surface area contributed by atoms with Gasteiger partial charge < -0.3 is 20.1 Å². The maximum Gasteiger partial charge on any atom is 0.228 e. The molecule has 1 saturated heterocycles. The monoisotopic (exact) mass is 388 g/mol. The predicted molar refractivity (Wildman–Crippen MR) is 116 cm³/mol. The van der Waals surface area contributed by atoms with Gasteiger partial charge in [-0.05, 0) is 38.1 Å². The molecule has 1 aliphatic rings. The molecule has 0 atom stereocenters. The summed E-state index contributed by atoms with van der Waals surface area (Å²) in [4.78, 5) is 20.7. The van der Waals surface area contributed by atoms with Crippen molar-refractivity contribution in [2.45, 2.75) is 19.9 Å². The second-order valence-corrected chi connectivity index (χ2v) is 7.57. The van der Waals surface area contributed by atoms with E-state index in [-0.39, 0.29) is 0 Å². The summed E-state index contributed by atoms with van der Waals surface area (Å²) in [5, 5.41) is 7.60. The van der Waals surface area contributed by atoms with Crippen molar-refractivity contribution in [3.05, 3.63) is 43.0 Å². The van der Waals surface area contributed by atoms with Gasteiger partial charge in [0.1, 0.15) is 11.3 Å². The SMILES string of the molecule is CC(C)n1cnc2ccc3cnc(Nc4ccc(N5CCNCC5)cn4)nc3c21. The molecular formula is C21H24N8. The number of aromatic nitrogens is 5. The van der Waals surface area contributed by atoms with Crippen molar-refractivity contribution in [2.75, 3.05) is 36.4 Å². The first kappa shape index (κ1) is 17.8. The Labute approximate surface area is 169 Å². The van der Waals surface area contributed by atoms with Crippen LogP contribution in [0.5, 0.6) is 0 Å². The molecule has 5 rings (SSSR count). The number of benzene rings is 1. The first-order valence-electron chi connectivity index (χ1n) is 10.00. The molecule has 0 amide bonds. The second kappa shape index (κ2) is 7.29. The molecule has 148 valence electrons. The number of nitrogens with one attached hydrogen (secondary N) is 2. The smallest absolute Gasteiger partial charge is 0.228 e. The van der Waals surface area contributed by atoms with Crippen LogP contribution in [0.25, 0.3) is 21.9 Å². The number of hydrogen-bond donors (Lipinski definition) is 2. The molecule has 1 aliphatic heterocycles. The summed E-state index contributed by atoms with van der Waals surface area (Å²) < 4.78 is 2.15. The average Bonchev–Trinajstić information content (AvgIpc) is 3.20. The first-order valence-corrected chi connectivity index (χ1v) is 10.00.